The van der Waals surface area contributed by atoms with Crippen molar-refractivity contribution in [2.45, 2.75) is 12.8 Å². The normalized spacial score (nSPS) is 11.9. The number of rotatable bonds is 7. The van der Waals surface area contributed by atoms with Gasteiger partial charge in [0.15, 0.2) is 0 Å². The van der Waals surface area contributed by atoms with Crippen LogP contribution in [0.1, 0.15) is 22.3 Å². The average molecular weight is 755 g/mol. The number of furan rings is 1. The summed E-state index contributed by atoms with van der Waals surface area (Å²) in [6.07, 6.45) is 1.77. The Hall–Kier alpha value is -7.62. The zero-order chi connectivity index (χ0) is 38.9. The van der Waals surface area contributed by atoms with E-state index in [1.807, 2.05) is 12.1 Å². The molecule has 0 atom stereocenters. The van der Waals surface area contributed by atoms with Crippen LogP contribution in [0, 0.1) is 0 Å². The van der Waals surface area contributed by atoms with Crippen molar-refractivity contribution in [3.8, 4) is 22.5 Å². The standard InChI is InChI=1S/C56H38N2O/c1-4-12-37(13-5-1)30-39-20-26-51-47(32-39)49-34-41(22-28-53(49)57(51)43-16-8-3-9-17-43)42-23-29-54-50(35-42)48-33-40(31-38-14-6-2-7-15-38)21-27-52(48)58(54)44-24-25-46-45-18-10-11-19-55(45)59-56(46)36-44/h1-29,32-36H,30-31H2. The van der Waals surface area contributed by atoms with Gasteiger partial charge in [-0.3, -0.25) is 0 Å². The molecule has 0 saturated carbocycles. The van der Waals surface area contributed by atoms with Gasteiger partial charge in [-0.05, 0) is 125 Å². The van der Waals surface area contributed by atoms with Crippen molar-refractivity contribution in [2.24, 2.45) is 0 Å². The first-order valence-electron chi connectivity index (χ1n) is 20.4. The van der Waals surface area contributed by atoms with Crippen LogP contribution in [-0.4, -0.2) is 9.13 Å². The highest BCUT2D eigenvalue weighted by atomic mass is 16.3. The Labute approximate surface area is 341 Å². The quantitative estimate of drug-likeness (QED) is 0.159. The molecule has 0 aliphatic rings. The fourth-order valence-corrected chi connectivity index (χ4v) is 9.37. The van der Waals surface area contributed by atoms with Gasteiger partial charge in [-0.15, -0.1) is 0 Å². The minimum Gasteiger partial charge on any atom is -0.456 e. The van der Waals surface area contributed by atoms with Crippen LogP contribution in [0.4, 0.5) is 0 Å². The third-order valence-electron chi connectivity index (χ3n) is 12.1. The molecular weight excluding hydrogens is 717 g/mol. The first-order valence-corrected chi connectivity index (χ1v) is 20.4. The van der Waals surface area contributed by atoms with Gasteiger partial charge in [0.05, 0.1) is 22.1 Å². The van der Waals surface area contributed by atoms with Gasteiger partial charge in [0, 0.05) is 49.8 Å². The Kier molecular flexibility index (Phi) is 7.67. The number of hydrogen-bond acceptors (Lipinski definition) is 1. The van der Waals surface area contributed by atoms with Gasteiger partial charge in [0.1, 0.15) is 11.2 Å². The summed E-state index contributed by atoms with van der Waals surface area (Å²) in [5, 5.41) is 7.27. The maximum Gasteiger partial charge on any atom is 0.137 e. The summed E-state index contributed by atoms with van der Waals surface area (Å²) in [5.41, 5.74) is 16.4. The number of hydrogen-bond donors (Lipinski definition) is 0. The van der Waals surface area contributed by atoms with Gasteiger partial charge in [0.2, 0.25) is 0 Å². The number of nitrogens with zero attached hydrogens (tertiary/aromatic N) is 2. The van der Waals surface area contributed by atoms with Gasteiger partial charge < -0.3 is 13.6 Å². The Bertz CT molecular complexity index is 3540. The predicted octanol–water partition coefficient (Wildman–Crippen LogP) is 14.6. The molecule has 3 heteroatoms. The van der Waals surface area contributed by atoms with Crippen LogP contribution in [0.3, 0.4) is 0 Å². The molecule has 0 fully saturated rings. The van der Waals surface area contributed by atoms with Crippen LogP contribution in [0.25, 0.3) is 88.1 Å². The topological polar surface area (TPSA) is 23.0 Å². The Morgan fingerprint density at radius 1 is 0.288 bits per heavy atom. The highest BCUT2D eigenvalue weighted by Crippen LogP contribution is 2.40. The molecule has 0 aliphatic carbocycles. The molecule has 0 saturated heterocycles. The lowest BCUT2D eigenvalue weighted by Crippen LogP contribution is -1.94. The van der Waals surface area contributed by atoms with Crippen LogP contribution in [-0.2, 0) is 12.8 Å². The summed E-state index contributed by atoms with van der Waals surface area (Å²) in [5.74, 6) is 0. The van der Waals surface area contributed by atoms with Crippen LogP contribution in [0.2, 0.25) is 0 Å². The van der Waals surface area contributed by atoms with E-state index in [1.54, 1.807) is 0 Å². The molecular formula is C56H38N2O. The van der Waals surface area contributed by atoms with E-state index in [0.29, 0.717) is 0 Å². The summed E-state index contributed by atoms with van der Waals surface area (Å²) in [4.78, 5) is 0. The Morgan fingerprint density at radius 3 is 1.32 bits per heavy atom. The van der Waals surface area contributed by atoms with E-state index in [2.05, 4.69) is 203 Å². The molecule has 3 heterocycles. The van der Waals surface area contributed by atoms with E-state index < -0.39 is 0 Å². The molecule has 0 unspecified atom stereocenters. The van der Waals surface area contributed by atoms with Gasteiger partial charge in [-0.2, -0.15) is 0 Å². The Balaban J connectivity index is 1.04. The molecule has 0 N–H and O–H groups in total. The lowest BCUT2D eigenvalue weighted by molar-refractivity contribution is 0.668. The van der Waals surface area contributed by atoms with E-state index in [4.69, 9.17) is 4.42 Å². The fourth-order valence-electron chi connectivity index (χ4n) is 9.37. The molecule has 0 spiro atoms. The predicted molar refractivity (Wildman–Crippen MR) is 246 cm³/mol. The first-order chi connectivity index (χ1) is 29.2. The molecule has 0 amide bonds. The minimum atomic E-state index is 0.877. The molecule has 0 bridgehead atoms. The van der Waals surface area contributed by atoms with E-state index in [9.17, 15) is 0 Å². The van der Waals surface area contributed by atoms with Crippen LogP contribution in [0.15, 0.2) is 211 Å². The van der Waals surface area contributed by atoms with Gasteiger partial charge in [-0.1, -0.05) is 121 Å². The molecule has 278 valence electrons. The maximum absolute atomic E-state index is 6.40. The Morgan fingerprint density at radius 2 is 0.746 bits per heavy atom. The monoisotopic (exact) mass is 754 g/mol. The van der Waals surface area contributed by atoms with Gasteiger partial charge >= 0.3 is 0 Å². The van der Waals surface area contributed by atoms with Crippen molar-refractivity contribution in [1.29, 1.82) is 0 Å². The number of para-hydroxylation sites is 2. The van der Waals surface area contributed by atoms with E-state index in [0.717, 1.165) is 46.2 Å². The molecule has 3 aromatic heterocycles. The third kappa shape index (κ3) is 5.66. The lowest BCUT2D eigenvalue weighted by atomic mass is 9.98. The SMILES string of the molecule is c1ccc(Cc2ccc3c(c2)c2cc(-c4ccc5c(c4)c4cc(Cc6ccccc6)ccc4n5-c4ccc5c(c4)oc4ccccc45)ccc2n3-c2ccccc2)cc1. The van der Waals surface area contributed by atoms with E-state index >= 15 is 0 Å². The zero-order valence-corrected chi connectivity index (χ0v) is 32.3. The summed E-state index contributed by atoms with van der Waals surface area (Å²) >= 11 is 0. The van der Waals surface area contributed by atoms with Crippen molar-refractivity contribution < 1.29 is 4.42 Å². The smallest absolute Gasteiger partial charge is 0.137 e. The second-order valence-corrected chi connectivity index (χ2v) is 15.8. The molecule has 3 nitrogen and oxygen atoms in total. The number of fused-ring (bicyclic) bond motifs is 9. The highest BCUT2D eigenvalue weighted by molar-refractivity contribution is 6.13. The van der Waals surface area contributed by atoms with E-state index in [1.165, 1.54) is 77.0 Å². The summed E-state index contributed by atoms with van der Waals surface area (Å²) in [6.45, 7) is 0. The molecule has 12 aromatic rings. The second-order valence-electron chi connectivity index (χ2n) is 15.8. The number of aromatic nitrogens is 2. The summed E-state index contributed by atoms with van der Waals surface area (Å²) in [6, 6.07) is 75.2. The van der Waals surface area contributed by atoms with Crippen molar-refractivity contribution in [3.63, 3.8) is 0 Å². The van der Waals surface area contributed by atoms with Crippen molar-refractivity contribution in [1.82, 2.24) is 9.13 Å². The van der Waals surface area contributed by atoms with E-state index in [-0.39, 0.29) is 0 Å². The van der Waals surface area contributed by atoms with Crippen LogP contribution < -0.4 is 0 Å². The highest BCUT2D eigenvalue weighted by Gasteiger charge is 2.18. The van der Waals surface area contributed by atoms with Gasteiger partial charge in [0.25, 0.3) is 0 Å². The molecule has 0 aliphatic heterocycles. The van der Waals surface area contributed by atoms with Crippen LogP contribution in [0.5, 0.6) is 0 Å². The molecule has 9 aromatic carbocycles. The molecule has 59 heavy (non-hydrogen) atoms. The fraction of sp³-hybridized carbons (Fsp3) is 0.0357. The van der Waals surface area contributed by atoms with Crippen molar-refractivity contribution in [3.05, 3.63) is 229 Å². The van der Waals surface area contributed by atoms with Crippen LogP contribution >= 0.6 is 0 Å². The largest absolute Gasteiger partial charge is 0.456 e. The number of benzene rings is 9. The first kappa shape index (κ1) is 33.5. The summed E-state index contributed by atoms with van der Waals surface area (Å²) in [7, 11) is 0. The maximum atomic E-state index is 6.40. The average Bonchev–Trinajstić information content (AvgIpc) is 3.94. The van der Waals surface area contributed by atoms with Gasteiger partial charge in [-0.25, -0.2) is 0 Å². The third-order valence-corrected chi connectivity index (χ3v) is 12.1. The van der Waals surface area contributed by atoms with Crippen molar-refractivity contribution in [2.75, 3.05) is 0 Å². The van der Waals surface area contributed by atoms with Crippen molar-refractivity contribution >= 4 is 65.6 Å². The minimum absolute atomic E-state index is 0.877. The molecule has 0 radical (unpaired) electrons. The molecule has 12 rings (SSSR count). The lowest BCUT2D eigenvalue weighted by Gasteiger charge is -2.09. The second kappa shape index (κ2) is 13.5. The zero-order valence-electron chi connectivity index (χ0n) is 32.3. The summed E-state index contributed by atoms with van der Waals surface area (Å²) < 4.78 is 11.2.